The molecule has 0 unspecified atom stereocenters. The largest absolute Gasteiger partial charge is 0.0651 e. The van der Waals surface area contributed by atoms with Crippen LogP contribution in [-0.2, 0) is 25.7 Å². The summed E-state index contributed by atoms with van der Waals surface area (Å²) in [5.74, 6) is 0. The number of benzene rings is 11. The molecule has 0 heterocycles. The summed E-state index contributed by atoms with van der Waals surface area (Å²) in [7, 11) is 0. The zero-order chi connectivity index (χ0) is 45.6. The molecule has 0 aliphatic heterocycles. The highest BCUT2D eigenvalue weighted by atomic mass is 14.4. The predicted molar refractivity (Wildman–Crippen MR) is 294 cm³/mol. The van der Waals surface area contributed by atoms with Crippen molar-refractivity contribution in [2.45, 2.75) is 79.1 Å². The van der Waals surface area contributed by atoms with Crippen LogP contribution in [0.1, 0.15) is 75.6 Å². The molecule has 0 N–H and O–H groups in total. The van der Waals surface area contributed by atoms with Gasteiger partial charge in [-0.3, -0.25) is 0 Å². The molecule has 11 aromatic carbocycles. The summed E-state index contributed by atoms with van der Waals surface area (Å²) in [4.78, 5) is 0. The fourth-order valence-electron chi connectivity index (χ4n) is 13.3. The van der Waals surface area contributed by atoms with Crippen molar-refractivity contribution in [1.82, 2.24) is 0 Å². The first-order chi connectivity index (χ1) is 33.7. The van der Waals surface area contributed by atoms with Gasteiger partial charge in [0.1, 0.15) is 0 Å². The van der Waals surface area contributed by atoms with Gasteiger partial charge in [-0.1, -0.05) is 223 Å². The van der Waals surface area contributed by atoms with Gasteiger partial charge in [-0.05, 0) is 180 Å². The second kappa shape index (κ2) is 16.2. The first kappa shape index (κ1) is 41.0. The Hall–Kier alpha value is -7.28. The van der Waals surface area contributed by atoms with E-state index in [-0.39, 0.29) is 0 Å². The summed E-state index contributed by atoms with van der Waals surface area (Å²) in [5, 5.41) is 11.1. The van der Waals surface area contributed by atoms with Crippen LogP contribution in [0.15, 0.2) is 170 Å². The van der Waals surface area contributed by atoms with Crippen LogP contribution in [0.3, 0.4) is 0 Å². The number of rotatable bonds is 12. The van der Waals surface area contributed by atoms with Crippen LogP contribution < -0.4 is 0 Å². The monoisotopic (exact) mass is 872 g/mol. The molecule has 0 aromatic heterocycles. The molecule has 0 radical (unpaired) electrons. The minimum atomic E-state index is 1.05. The van der Waals surface area contributed by atoms with Gasteiger partial charge >= 0.3 is 0 Å². The van der Waals surface area contributed by atoms with Gasteiger partial charge in [0.15, 0.2) is 0 Å². The zero-order valence-electron chi connectivity index (χ0n) is 39.8. The van der Waals surface area contributed by atoms with Crippen LogP contribution in [0, 0.1) is 0 Å². The molecule has 0 amide bonds. The van der Waals surface area contributed by atoms with E-state index in [0.717, 1.165) is 51.4 Å². The Morgan fingerprint density at radius 1 is 0.221 bits per heavy atom. The van der Waals surface area contributed by atoms with Crippen molar-refractivity contribution >= 4 is 43.1 Å². The number of hydrogen-bond donors (Lipinski definition) is 0. The van der Waals surface area contributed by atoms with Crippen molar-refractivity contribution in [3.8, 4) is 89.0 Å². The second-order valence-electron chi connectivity index (χ2n) is 19.5. The Kier molecular flexibility index (Phi) is 9.76. The molecule has 0 bridgehead atoms. The van der Waals surface area contributed by atoms with Crippen LogP contribution in [-0.4, -0.2) is 0 Å². The van der Waals surface area contributed by atoms with E-state index in [1.807, 2.05) is 0 Å². The summed E-state index contributed by atoms with van der Waals surface area (Å²) >= 11 is 0. The maximum absolute atomic E-state index is 2.51. The van der Waals surface area contributed by atoms with Crippen molar-refractivity contribution in [1.29, 1.82) is 0 Å². The number of hydrogen-bond acceptors (Lipinski definition) is 0. The molecule has 11 aromatic rings. The standard InChI is InChI=1S/C68H56/c1-5-21-45-46(22-6-2)58(42-27-15-10-16-28-42)66-54-38-34-50-52-36-40-56-64-55(39-35-51(62(52)64)49-33-37-53(63(54)61(49)50)65(66)57(45)41-25-13-9-14-26-41)67-59(43-29-17-11-18-30-43)47(23-7-3)48(24-8-4)60(68(56)67)44-31-19-12-20-32-44/h9-20,25-40H,5-8,21-24H2,1-4H3. The maximum atomic E-state index is 2.51. The Balaban J connectivity index is 1.16. The van der Waals surface area contributed by atoms with E-state index in [1.165, 1.54) is 154 Å². The normalized spacial score (nSPS) is 12.3. The summed E-state index contributed by atoms with van der Waals surface area (Å²) in [6, 6.07) is 65.3. The molecule has 328 valence electrons. The molecule has 0 atom stereocenters. The van der Waals surface area contributed by atoms with E-state index in [4.69, 9.17) is 0 Å². The lowest BCUT2D eigenvalue weighted by atomic mass is 9.78. The lowest BCUT2D eigenvalue weighted by Crippen LogP contribution is -2.05. The Morgan fingerprint density at radius 2 is 0.441 bits per heavy atom. The van der Waals surface area contributed by atoms with E-state index >= 15 is 0 Å². The molecule has 0 saturated heterocycles. The fourth-order valence-corrected chi connectivity index (χ4v) is 13.3. The summed E-state index contributed by atoms with van der Waals surface area (Å²) in [5.41, 5.74) is 28.3. The average molecular weight is 873 g/mol. The average Bonchev–Trinajstić information content (AvgIpc) is 3.90. The lowest BCUT2D eigenvalue weighted by Gasteiger charge is -2.25. The lowest BCUT2D eigenvalue weighted by molar-refractivity contribution is 0.865. The van der Waals surface area contributed by atoms with Crippen molar-refractivity contribution in [3.63, 3.8) is 0 Å². The smallest absolute Gasteiger partial charge is 0.00109 e. The van der Waals surface area contributed by atoms with Crippen LogP contribution in [0.4, 0.5) is 0 Å². The van der Waals surface area contributed by atoms with E-state index < -0.39 is 0 Å². The third kappa shape index (κ3) is 5.73. The SMILES string of the molecule is CCCc1c(CCC)c(-c2ccccc2)c2c(c1-c1ccccc1)-c1ccc3c4ccc5c6c(ccc(c7ccc-2c1c37)c64)-c1c(-c2ccccc2)c(CCC)c(CCC)c(-c2ccccc2)c1-5. The van der Waals surface area contributed by atoms with Gasteiger partial charge < -0.3 is 0 Å². The molecule has 0 heteroatoms. The fraction of sp³-hybridized carbons (Fsp3) is 0.176. The summed E-state index contributed by atoms with van der Waals surface area (Å²) in [6.07, 6.45) is 8.61. The third-order valence-electron chi connectivity index (χ3n) is 15.7. The van der Waals surface area contributed by atoms with Crippen molar-refractivity contribution in [2.75, 3.05) is 0 Å². The summed E-state index contributed by atoms with van der Waals surface area (Å²) in [6.45, 7) is 9.40. The summed E-state index contributed by atoms with van der Waals surface area (Å²) < 4.78 is 0. The van der Waals surface area contributed by atoms with E-state index in [1.54, 1.807) is 0 Å². The van der Waals surface area contributed by atoms with Crippen LogP contribution in [0.2, 0.25) is 0 Å². The minimum Gasteiger partial charge on any atom is -0.0651 e. The highest BCUT2D eigenvalue weighted by molar-refractivity contribution is 6.41. The van der Waals surface area contributed by atoms with Crippen molar-refractivity contribution in [2.24, 2.45) is 0 Å². The third-order valence-corrected chi connectivity index (χ3v) is 15.7. The Morgan fingerprint density at radius 3 is 0.647 bits per heavy atom. The molecular weight excluding hydrogens is 817 g/mol. The molecule has 2 aliphatic carbocycles. The zero-order valence-corrected chi connectivity index (χ0v) is 39.8. The molecule has 0 nitrogen and oxygen atoms in total. The molecule has 2 aliphatic rings. The highest BCUT2D eigenvalue weighted by Crippen LogP contribution is 2.62. The van der Waals surface area contributed by atoms with E-state index in [2.05, 4.69) is 198 Å². The van der Waals surface area contributed by atoms with Crippen molar-refractivity contribution < 1.29 is 0 Å². The predicted octanol–water partition coefficient (Wildman–Crippen LogP) is 19.5. The van der Waals surface area contributed by atoms with Gasteiger partial charge in [-0.25, -0.2) is 0 Å². The first-order valence-electron chi connectivity index (χ1n) is 25.5. The van der Waals surface area contributed by atoms with Gasteiger partial charge in [-0.2, -0.15) is 0 Å². The van der Waals surface area contributed by atoms with Crippen molar-refractivity contribution in [3.05, 3.63) is 192 Å². The molecular formula is C68H56. The molecule has 0 fully saturated rings. The minimum absolute atomic E-state index is 1.05. The topological polar surface area (TPSA) is 0 Å². The van der Waals surface area contributed by atoms with Crippen LogP contribution in [0.25, 0.3) is 132 Å². The Labute approximate surface area is 401 Å². The van der Waals surface area contributed by atoms with Crippen LogP contribution >= 0.6 is 0 Å². The molecule has 13 rings (SSSR count). The quantitative estimate of drug-likeness (QED) is 0.0847. The Bertz CT molecular complexity index is 3290. The second-order valence-corrected chi connectivity index (χ2v) is 19.5. The highest BCUT2D eigenvalue weighted by Gasteiger charge is 2.36. The molecule has 0 saturated carbocycles. The van der Waals surface area contributed by atoms with Crippen LogP contribution in [0.5, 0.6) is 0 Å². The van der Waals surface area contributed by atoms with Gasteiger partial charge in [0, 0.05) is 0 Å². The van der Waals surface area contributed by atoms with E-state index in [9.17, 15) is 0 Å². The van der Waals surface area contributed by atoms with Gasteiger partial charge in [0.05, 0.1) is 0 Å². The van der Waals surface area contributed by atoms with Gasteiger partial charge in [-0.15, -0.1) is 0 Å². The molecule has 0 spiro atoms. The maximum Gasteiger partial charge on any atom is -0.00109 e. The molecule has 68 heavy (non-hydrogen) atoms. The first-order valence-corrected chi connectivity index (χ1v) is 25.5. The van der Waals surface area contributed by atoms with Gasteiger partial charge in [0.2, 0.25) is 0 Å². The number of fused-ring (bicyclic) bond motifs is 8. The van der Waals surface area contributed by atoms with E-state index in [0.29, 0.717) is 0 Å². The van der Waals surface area contributed by atoms with Gasteiger partial charge in [0.25, 0.3) is 0 Å².